The number of pyridine rings is 1. The Morgan fingerprint density at radius 2 is 1.89 bits per heavy atom. The lowest BCUT2D eigenvalue weighted by Gasteiger charge is -2.22. The number of carbonyl (C=O) groups is 1. The molecule has 1 aliphatic heterocycles. The number of benzene rings is 2. The van der Waals surface area contributed by atoms with E-state index in [-0.39, 0.29) is 30.0 Å². The van der Waals surface area contributed by atoms with Crippen molar-refractivity contribution in [1.29, 1.82) is 0 Å². The van der Waals surface area contributed by atoms with Crippen LogP contribution in [0.4, 0.5) is 10.2 Å². The average molecular weight is 498 g/mol. The average Bonchev–Trinajstić information content (AvgIpc) is 3.04. The minimum atomic E-state index is -3.75. The van der Waals surface area contributed by atoms with E-state index in [0.29, 0.717) is 18.9 Å². The highest BCUT2D eigenvalue weighted by Crippen LogP contribution is 2.31. The summed E-state index contributed by atoms with van der Waals surface area (Å²) in [7, 11) is 0.111. The first-order chi connectivity index (χ1) is 16.6. The van der Waals surface area contributed by atoms with Gasteiger partial charge in [-0.1, -0.05) is 13.0 Å². The van der Waals surface area contributed by atoms with Crippen molar-refractivity contribution in [3.63, 3.8) is 0 Å². The molecule has 0 unspecified atom stereocenters. The maximum atomic E-state index is 15.0. The van der Waals surface area contributed by atoms with Crippen LogP contribution in [0.15, 0.2) is 53.6 Å². The van der Waals surface area contributed by atoms with Crippen molar-refractivity contribution < 1.29 is 22.3 Å². The predicted molar refractivity (Wildman–Crippen MR) is 133 cm³/mol. The first-order valence-electron chi connectivity index (χ1n) is 11.3. The summed E-state index contributed by atoms with van der Waals surface area (Å²) in [4.78, 5) is 21.1. The molecule has 7 nitrogen and oxygen atoms in total. The Morgan fingerprint density at radius 1 is 1.14 bits per heavy atom. The molecule has 0 N–H and O–H groups in total. The first kappa shape index (κ1) is 24.7. The monoisotopic (exact) mass is 497 g/mol. The Morgan fingerprint density at radius 3 is 2.51 bits per heavy atom. The van der Waals surface area contributed by atoms with Gasteiger partial charge in [0, 0.05) is 55.3 Å². The van der Waals surface area contributed by atoms with Crippen LogP contribution in [0.5, 0.6) is 5.75 Å². The Kier molecular flexibility index (Phi) is 6.80. The first-order valence-corrected chi connectivity index (χ1v) is 13.2. The van der Waals surface area contributed by atoms with E-state index in [4.69, 9.17) is 4.74 Å². The second-order valence-corrected chi connectivity index (χ2v) is 10.7. The van der Waals surface area contributed by atoms with Gasteiger partial charge in [0.1, 0.15) is 28.9 Å². The third kappa shape index (κ3) is 5.00. The van der Waals surface area contributed by atoms with Crippen LogP contribution < -0.4 is 9.64 Å². The van der Waals surface area contributed by atoms with Crippen molar-refractivity contribution in [2.75, 3.05) is 38.4 Å². The van der Waals surface area contributed by atoms with E-state index in [9.17, 15) is 13.2 Å². The van der Waals surface area contributed by atoms with E-state index in [2.05, 4.69) is 4.98 Å². The standard InChI is InChI=1S/C26H28FN3O4S/c1-5-20-21(8-10-23(25(20)27)35(4,32)33)26(31)30-12-13-34-22-9-6-17(14-19(22)16-30)18-7-11-24(28-15-18)29(2)3/h6-11,14-15H,5,12-13,16H2,1-4H3. The minimum Gasteiger partial charge on any atom is -0.491 e. The molecule has 0 aliphatic carbocycles. The summed E-state index contributed by atoms with van der Waals surface area (Å²) in [6, 6.07) is 12.3. The summed E-state index contributed by atoms with van der Waals surface area (Å²) in [5.41, 5.74) is 2.98. The van der Waals surface area contributed by atoms with Crippen molar-refractivity contribution in [2.24, 2.45) is 0 Å². The Balaban J connectivity index is 1.66. The molecule has 2 heterocycles. The zero-order valence-electron chi connectivity index (χ0n) is 20.2. The smallest absolute Gasteiger partial charge is 0.254 e. The van der Waals surface area contributed by atoms with Crippen molar-refractivity contribution >= 4 is 21.6 Å². The number of fused-ring (bicyclic) bond motifs is 1. The normalized spacial score (nSPS) is 13.6. The summed E-state index contributed by atoms with van der Waals surface area (Å²) >= 11 is 0. The van der Waals surface area contributed by atoms with E-state index in [1.165, 1.54) is 12.1 Å². The zero-order valence-corrected chi connectivity index (χ0v) is 21.0. The Labute approximate surface area is 205 Å². The van der Waals surface area contributed by atoms with Crippen LogP contribution in [0.25, 0.3) is 11.1 Å². The molecule has 1 amide bonds. The maximum Gasteiger partial charge on any atom is 0.254 e. The molecule has 0 atom stereocenters. The van der Waals surface area contributed by atoms with Gasteiger partial charge in [0.15, 0.2) is 9.84 Å². The minimum absolute atomic E-state index is 0.101. The van der Waals surface area contributed by atoms with Crippen LogP contribution in [0.2, 0.25) is 0 Å². The van der Waals surface area contributed by atoms with Crippen molar-refractivity contribution in [1.82, 2.24) is 9.88 Å². The van der Waals surface area contributed by atoms with Gasteiger partial charge in [-0.25, -0.2) is 17.8 Å². The van der Waals surface area contributed by atoms with E-state index < -0.39 is 20.5 Å². The third-order valence-electron chi connectivity index (χ3n) is 6.06. The molecule has 2 aromatic carbocycles. The zero-order chi connectivity index (χ0) is 25.3. The number of nitrogens with zero attached hydrogens (tertiary/aromatic N) is 3. The van der Waals surface area contributed by atoms with Crippen molar-refractivity contribution in [3.8, 4) is 16.9 Å². The quantitative estimate of drug-likeness (QED) is 0.531. The van der Waals surface area contributed by atoms with Crippen LogP contribution in [0, 0.1) is 5.82 Å². The van der Waals surface area contributed by atoms with Gasteiger partial charge in [0.05, 0.1) is 6.54 Å². The van der Waals surface area contributed by atoms with Crippen LogP contribution in [0.1, 0.15) is 28.4 Å². The number of sulfone groups is 1. The summed E-state index contributed by atoms with van der Waals surface area (Å²) in [6.45, 7) is 2.59. The van der Waals surface area contributed by atoms with Gasteiger partial charge >= 0.3 is 0 Å². The number of hydrogen-bond donors (Lipinski definition) is 0. The number of hydrogen-bond acceptors (Lipinski definition) is 6. The van der Waals surface area contributed by atoms with Crippen LogP contribution in [0.3, 0.4) is 0 Å². The summed E-state index contributed by atoms with van der Waals surface area (Å²) in [5.74, 6) is 0.323. The van der Waals surface area contributed by atoms with Crippen LogP contribution >= 0.6 is 0 Å². The number of rotatable bonds is 5. The Hall–Kier alpha value is -3.46. The van der Waals surface area contributed by atoms with Gasteiger partial charge in [0.2, 0.25) is 0 Å². The lowest BCUT2D eigenvalue weighted by atomic mass is 10.0. The fourth-order valence-corrected chi connectivity index (χ4v) is 4.94. The van der Waals surface area contributed by atoms with Crippen LogP contribution in [-0.2, 0) is 22.8 Å². The third-order valence-corrected chi connectivity index (χ3v) is 7.17. The van der Waals surface area contributed by atoms with Gasteiger partial charge in [-0.3, -0.25) is 4.79 Å². The predicted octanol–water partition coefficient (Wildman–Crippen LogP) is 3.95. The molecule has 0 saturated carbocycles. The van der Waals surface area contributed by atoms with E-state index in [1.54, 1.807) is 18.0 Å². The highest BCUT2D eigenvalue weighted by Gasteiger charge is 2.27. The number of aromatic nitrogens is 1. The molecular weight excluding hydrogens is 469 g/mol. The molecule has 0 spiro atoms. The molecule has 184 valence electrons. The van der Waals surface area contributed by atoms with E-state index in [1.807, 2.05) is 49.3 Å². The van der Waals surface area contributed by atoms with Crippen molar-refractivity contribution in [3.05, 3.63) is 71.2 Å². The molecule has 35 heavy (non-hydrogen) atoms. The Bertz CT molecular complexity index is 1370. The highest BCUT2D eigenvalue weighted by molar-refractivity contribution is 7.90. The molecule has 0 radical (unpaired) electrons. The van der Waals surface area contributed by atoms with Gasteiger partial charge in [0.25, 0.3) is 5.91 Å². The number of halogens is 1. The van der Waals surface area contributed by atoms with Gasteiger partial charge < -0.3 is 14.5 Å². The second kappa shape index (κ2) is 9.65. The lowest BCUT2D eigenvalue weighted by Crippen LogP contribution is -2.33. The summed E-state index contributed by atoms with van der Waals surface area (Å²) in [6.07, 6.45) is 2.95. The SMILES string of the molecule is CCc1c(C(=O)N2CCOc3ccc(-c4ccc(N(C)C)nc4)cc3C2)ccc(S(C)(=O)=O)c1F. The van der Waals surface area contributed by atoms with E-state index >= 15 is 4.39 Å². The second-order valence-electron chi connectivity index (χ2n) is 8.73. The molecule has 4 rings (SSSR count). The number of carbonyl (C=O) groups excluding carboxylic acids is 1. The van der Waals surface area contributed by atoms with Gasteiger partial charge in [-0.2, -0.15) is 0 Å². The highest BCUT2D eigenvalue weighted by atomic mass is 32.2. The number of ether oxygens (including phenoxy) is 1. The molecule has 0 bridgehead atoms. The van der Waals surface area contributed by atoms with E-state index in [0.717, 1.165) is 28.8 Å². The number of amides is 1. The number of anilines is 1. The van der Waals surface area contributed by atoms with Gasteiger partial charge in [-0.15, -0.1) is 0 Å². The molecule has 1 aromatic heterocycles. The molecule has 0 fully saturated rings. The molecular formula is C26H28FN3O4S. The summed E-state index contributed by atoms with van der Waals surface area (Å²) in [5, 5.41) is 0. The topological polar surface area (TPSA) is 79.8 Å². The fraction of sp³-hybridized carbons (Fsp3) is 0.308. The largest absolute Gasteiger partial charge is 0.491 e. The lowest BCUT2D eigenvalue weighted by molar-refractivity contribution is 0.0731. The summed E-state index contributed by atoms with van der Waals surface area (Å²) < 4.78 is 44.8. The van der Waals surface area contributed by atoms with Crippen LogP contribution in [-0.4, -0.2) is 57.7 Å². The molecule has 1 aliphatic rings. The molecule has 0 saturated heterocycles. The fourth-order valence-electron chi connectivity index (χ4n) is 4.17. The van der Waals surface area contributed by atoms with Gasteiger partial charge in [-0.05, 0) is 48.4 Å². The van der Waals surface area contributed by atoms with Crippen molar-refractivity contribution in [2.45, 2.75) is 24.8 Å². The molecule has 3 aromatic rings. The maximum absolute atomic E-state index is 15.0. The molecule has 9 heteroatoms.